The van der Waals surface area contributed by atoms with Crippen LogP contribution in [0, 0.1) is 5.82 Å². The van der Waals surface area contributed by atoms with Crippen LogP contribution in [0.25, 0.3) is 22.1 Å². The molecule has 0 spiro atoms. The van der Waals surface area contributed by atoms with Gasteiger partial charge in [0.2, 0.25) is 0 Å². The van der Waals surface area contributed by atoms with E-state index in [4.69, 9.17) is 16.6 Å². The topological polar surface area (TPSA) is 103 Å². The number of pyridine rings is 1. The molecule has 1 aliphatic heterocycles. The van der Waals surface area contributed by atoms with E-state index in [2.05, 4.69) is 30.2 Å². The summed E-state index contributed by atoms with van der Waals surface area (Å²) in [6.45, 7) is 4.21. The van der Waals surface area contributed by atoms with Crippen molar-refractivity contribution < 1.29 is 9.18 Å². The number of carbonyl (C=O) groups excluding carboxylic acids is 1. The summed E-state index contributed by atoms with van der Waals surface area (Å²) in [5.74, 6) is 0.0370. The number of H-pyrrole nitrogens is 1. The number of aromatic amines is 1. The van der Waals surface area contributed by atoms with Crippen molar-refractivity contribution >= 4 is 51.1 Å². The average Bonchev–Trinajstić information content (AvgIpc) is 3.43. The second kappa shape index (κ2) is 9.86. The van der Waals surface area contributed by atoms with E-state index in [1.165, 1.54) is 18.5 Å². The number of nitrogens with one attached hydrogen (secondary N) is 2. The molecule has 1 saturated heterocycles. The highest BCUT2D eigenvalue weighted by atomic mass is 35.5. The Balaban J connectivity index is 1.32. The van der Waals surface area contributed by atoms with Crippen LogP contribution in [0.2, 0.25) is 5.02 Å². The van der Waals surface area contributed by atoms with Gasteiger partial charge in [-0.05, 0) is 43.3 Å². The van der Waals surface area contributed by atoms with Crippen LogP contribution in [-0.2, 0) is 0 Å². The van der Waals surface area contributed by atoms with E-state index in [9.17, 15) is 9.18 Å². The van der Waals surface area contributed by atoms with Crippen molar-refractivity contribution in [1.29, 1.82) is 0 Å². The Morgan fingerprint density at radius 1 is 1.08 bits per heavy atom. The smallest absolute Gasteiger partial charge is 0.254 e. The number of hydrogen-bond donors (Lipinski definition) is 2. The summed E-state index contributed by atoms with van der Waals surface area (Å²) in [4.78, 5) is 37.6. The highest BCUT2D eigenvalue weighted by Crippen LogP contribution is 2.39. The van der Waals surface area contributed by atoms with Crippen LogP contribution in [0.1, 0.15) is 28.9 Å². The third-order valence-corrected chi connectivity index (χ3v) is 7.16. The third-order valence-electron chi connectivity index (χ3n) is 6.84. The van der Waals surface area contributed by atoms with Gasteiger partial charge in [-0.1, -0.05) is 17.7 Å². The number of hydrogen-bond acceptors (Lipinski definition) is 7. The number of rotatable bonds is 5. The second-order valence-electron chi connectivity index (χ2n) is 9.17. The molecule has 1 amide bonds. The summed E-state index contributed by atoms with van der Waals surface area (Å²) in [6, 6.07) is 11.4. The van der Waals surface area contributed by atoms with Crippen molar-refractivity contribution in [3.63, 3.8) is 0 Å². The molecule has 1 fully saturated rings. The van der Waals surface area contributed by atoms with Crippen molar-refractivity contribution in [3.05, 3.63) is 83.3 Å². The average molecular weight is 531 g/mol. The quantitative estimate of drug-likeness (QED) is 0.335. The van der Waals surface area contributed by atoms with Crippen LogP contribution in [0.3, 0.4) is 0 Å². The fraction of sp³-hybridized carbons (Fsp3) is 0.222. The zero-order chi connectivity index (χ0) is 26.2. The third kappa shape index (κ3) is 4.37. The lowest BCUT2D eigenvalue weighted by Gasteiger charge is -2.38. The minimum atomic E-state index is -0.421. The lowest BCUT2D eigenvalue weighted by atomic mass is 10.0. The Morgan fingerprint density at radius 3 is 2.74 bits per heavy atom. The van der Waals surface area contributed by atoms with Crippen molar-refractivity contribution in [2.75, 3.05) is 36.4 Å². The maximum atomic E-state index is 13.7. The molecule has 38 heavy (non-hydrogen) atoms. The van der Waals surface area contributed by atoms with Crippen LogP contribution in [0.5, 0.6) is 0 Å². The molecule has 9 nitrogen and oxygen atoms in total. The van der Waals surface area contributed by atoms with Gasteiger partial charge < -0.3 is 20.1 Å². The summed E-state index contributed by atoms with van der Waals surface area (Å²) in [7, 11) is 0. The number of nitrogens with zero attached hydrogens (tertiary/aromatic N) is 6. The minimum absolute atomic E-state index is 0.175. The van der Waals surface area contributed by atoms with Crippen LogP contribution in [0.15, 0.2) is 61.3 Å². The molecule has 0 saturated carbocycles. The standard InChI is InChI=1S/C27H24ClFN8O/c1-16(35-26-23-25(32-14-31-23)33-15-34-26)20-13-21(28)19-6-3-7-30-22(19)24(20)36-8-10-37(11-9-36)27(38)17-4-2-5-18(29)12-17/h2-7,12-16H,8-11H2,1H3,(H2,31,32,33,34,35). The molecule has 0 radical (unpaired) electrons. The van der Waals surface area contributed by atoms with E-state index in [0.717, 1.165) is 27.7 Å². The van der Waals surface area contributed by atoms with Crippen LogP contribution < -0.4 is 10.2 Å². The molecular weight excluding hydrogens is 507 g/mol. The monoisotopic (exact) mass is 530 g/mol. The summed E-state index contributed by atoms with van der Waals surface area (Å²) in [5, 5.41) is 4.94. The highest BCUT2D eigenvalue weighted by Gasteiger charge is 2.27. The van der Waals surface area contributed by atoms with E-state index < -0.39 is 5.82 Å². The number of carbonyl (C=O) groups is 1. The van der Waals surface area contributed by atoms with Crippen LogP contribution >= 0.6 is 11.6 Å². The van der Waals surface area contributed by atoms with Crippen molar-refractivity contribution in [2.24, 2.45) is 0 Å². The van der Waals surface area contributed by atoms with Gasteiger partial charge in [0, 0.05) is 48.9 Å². The van der Waals surface area contributed by atoms with Gasteiger partial charge in [-0.15, -0.1) is 0 Å². The van der Waals surface area contributed by atoms with Gasteiger partial charge in [0.15, 0.2) is 11.5 Å². The molecule has 2 N–H and O–H groups in total. The van der Waals surface area contributed by atoms with Gasteiger partial charge in [0.1, 0.15) is 17.7 Å². The summed E-state index contributed by atoms with van der Waals surface area (Å²) in [5.41, 5.74) is 4.35. The predicted octanol–water partition coefficient (Wildman–Crippen LogP) is 4.83. The normalized spacial score (nSPS) is 14.7. The molecule has 0 bridgehead atoms. The Hall–Kier alpha value is -4.31. The minimum Gasteiger partial charge on any atom is -0.366 e. The Morgan fingerprint density at radius 2 is 1.92 bits per heavy atom. The molecule has 0 aliphatic carbocycles. The summed E-state index contributed by atoms with van der Waals surface area (Å²) >= 11 is 6.73. The first kappa shape index (κ1) is 24.1. The van der Waals surface area contributed by atoms with Crippen molar-refractivity contribution in [1.82, 2.24) is 29.8 Å². The van der Waals surface area contributed by atoms with E-state index in [-0.39, 0.29) is 11.9 Å². The van der Waals surface area contributed by atoms with Crippen LogP contribution in [-0.4, -0.2) is 61.9 Å². The number of benzene rings is 2. The maximum Gasteiger partial charge on any atom is 0.254 e. The molecule has 11 heteroatoms. The van der Waals surface area contributed by atoms with Gasteiger partial charge in [-0.2, -0.15) is 0 Å². The molecule has 1 atom stereocenters. The maximum absolute atomic E-state index is 13.7. The fourth-order valence-electron chi connectivity index (χ4n) is 4.96. The first-order chi connectivity index (χ1) is 18.5. The van der Waals surface area contributed by atoms with Gasteiger partial charge in [0.25, 0.3) is 5.91 Å². The number of halogens is 2. The molecule has 5 aromatic rings. The Labute approximate surface area is 222 Å². The first-order valence-corrected chi connectivity index (χ1v) is 12.6. The van der Waals surface area contributed by atoms with E-state index in [1.54, 1.807) is 29.6 Å². The number of piperazine rings is 1. The fourth-order valence-corrected chi connectivity index (χ4v) is 5.23. The molecule has 6 rings (SSSR count). The molecular formula is C27H24ClFN8O. The van der Waals surface area contributed by atoms with Gasteiger partial charge in [-0.3, -0.25) is 9.78 Å². The Bertz CT molecular complexity index is 1650. The van der Waals surface area contributed by atoms with Crippen molar-refractivity contribution in [3.8, 4) is 0 Å². The predicted molar refractivity (Wildman–Crippen MR) is 145 cm³/mol. The van der Waals surface area contributed by atoms with E-state index >= 15 is 0 Å². The molecule has 1 aliphatic rings. The Kier molecular flexibility index (Phi) is 6.24. The zero-order valence-electron chi connectivity index (χ0n) is 20.5. The highest BCUT2D eigenvalue weighted by molar-refractivity contribution is 6.36. The number of imidazole rings is 1. The molecule has 192 valence electrons. The molecule has 4 heterocycles. The van der Waals surface area contributed by atoms with Gasteiger partial charge >= 0.3 is 0 Å². The first-order valence-electron chi connectivity index (χ1n) is 12.3. The second-order valence-corrected chi connectivity index (χ2v) is 9.58. The lowest BCUT2D eigenvalue weighted by Crippen LogP contribution is -2.49. The molecule has 1 unspecified atom stereocenters. The number of amides is 1. The van der Waals surface area contributed by atoms with Crippen LogP contribution in [0.4, 0.5) is 15.9 Å². The number of aromatic nitrogens is 5. The van der Waals surface area contributed by atoms with Crippen molar-refractivity contribution in [2.45, 2.75) is 13.0 Å². The SMILES string of the molecule is CC(Nc1ncnc2nc[nH]c12)c1cc(Cl)c2cccnc2c1N1CCN(C(=O)c2cccc(F)c2)CC1. The molecule has 2 aromatic carbocycles. The van der Waals surface area contributed by atoms with E-state index in [0.29, 0.717) is 48.2 Å². The van der Waals surface area contributed by atoms with Gasteiger partial charge in [0.05, 0.1) is 28.6 Å². The largest absolute Gasteiger partial charge is 0.366 e. The van der Waals surface area contributed by atoms with Gasteiger partial charge in [-0.25, -0.2) is 19.3 Å². The van der Waals surface area contributed by atoms with E-state index in [1.807, 2.05) is 25.1 Å². The summed E-state index contributed by atoms with van der Waals surface area (Å²) < 4.78 is 13.7. The number of fused-ring (bicyclic) bond motifs is 2. The lowest BCUT2D eigenvalue weighted by molar-refractivity contribution is 0.0746. The molecule has 3 aromatic heterocycles. The zero-order valence-corrected chi connectivity index (χ0v) is 21.3. The number of anilines is 2. The summed E-state index contributed by atoms with van der Waals surface area (Å²) in [6.07, 6.45) is 4.82.